The number of nitrogens with zero attached hydrogens (tertiary/aromatic N) is 2. The molecule has 0 aliphatic rings. The number of aryl methyl sites for hydroxylation is 1. The lowest BCUT2D eigenvalue weighted by Crippen LogP contribution is -2.20. The van der Waals surface area contributed by atoms with Gasteiger partial charge in [0.1, 0.15) is 23.7 Å². The van der Waals surface area contributed by atoms with Crippen LogP contribution in [0, 0.1) is 0 Å². The van der Waals surface area contributed by atoms with Gasteiger partial charge in [-0.1, -0.05) is 18.2 Å². The second kappa shape index (κ2) is 13.8. The molecular weight excluding hydrogens is 538 g/mol. The Morgan fingerprint density at radius 1 is 1.05 bits per heavy atom. The summed E-state index contributed by atoms with van der Waals surface area (Å²) < 4.78 is 68.7. The molecule has 0 spiro atoms. The molecule has 1 atom stereocenters. The van der Waals surface area contributed by atoms with Crippen molar-refractivity contribution in [3.63, 3.8) is 0 Å². The van der Waals surface area contributed by atoms with Crippen molar-refractivity contribution in [2.45, 2.75) is 12.6 Å². The zero-order valence-corrected chi connectivity index (χ0v) is 22.4. The van der Waals surface area contributed by atoms with Gasteiger partial charge in [0, 0.05) is 26.8 Å². The zero-order valence-electron chi connectivity index (χ0n) is 21.5. The second-order valence-corrected chi connectivity index (χ2v) is 9.37. The molecule has 1 heterocycles. The van der Waals surface area contributed by atoms with Gasteiger partial charge in [-0.25, -0.2) is 4.98 Å². The highest BCUT2D eigenvalue weighted by atomic mass is 31.1. The van der Waals surface area contributed by atoms with Crippen molar-refractivity contribution >= 4 is 37.1 Å². The number of nitrogens with one attached hydrogen (secondary N) is 3. The Balaban J connectivity index is 1.83. The van der Waals surface area contributed by atoms with Gasteiger partial charge in [0.15, 0.2) is 6.16 Å². The molecule has 3 N–H and O–H groups in total. The average Bonchev–Trinajstić information content (AvgIpc) is 2.92. The number of benzene rings is 2. The number of ether oxygens (including phenoxy) is 2. The number of anilines is 4. The Hall–Kier alpha value is -3.80. The standard InChI is InChI=1S/C25H27F3N5O5P/c1-29-23(34)17-6-4-5-7-19(17)31-22-18(25(26,27)28)15-30-24(33-22)32-20-9-8-16(14-21(20)37-3)10-13-39(35)38-12-11-36-2/h4-9,14-15H,10-13H2,1-3H3,(H2-,29,30,31,32,33,34)/p+1. The van der Waals surface area contributed by atoms with Crippen molar-refractivity contribution < 1.29 is 36.5 Å². The molecule has 0 radical (unpaired) electrons. The van der Waals surface area contributed by atoms with E-state index in [1.165, 1.54) is 33.4 Å². The lowest BCUT2D eigenvalue weighted by Gasteiger charge is -2.17. The Bertz CT molecular complexity index is 1310. The van der Waals surface area contributed by atoms with Crippen LogP contribution in [0.5, 0.6) is 5.75 Å². The Kier molecular flexibility index (Phi) is 10.6. The SMILES string of the molecule is CNC(=O)c1ccccc1Nc1nc(Nc2ccc(CC[P+](=O)OCCOC)cc2OC)ncc1C(F)(F)F. The number of alkyl halides is 3. The molecular formula is C25H28F3N5O5P+. The van der Waals surface area contributed by atoms with Gasteiger partial charge in [-0.2, -0.15) is 18.2 Å². The minimum atomic E-state index is -4.75. The maximum atomic E-state index is 13.7. The number of para-hydroxylation sites is 1. The summed E-state index contributed by atoms with van der Waals surface area (Å²) in [6.07, 6.45) is -3.35. The van der Waals surface area contributed by atoms with Crippen LogP contribution < -0.4 is 20.7 Å². The number of rotatable bonds is 13. The monoisotopic (exact) mass is 566 g/mol. The fourth-order valence-electron chi connectivity index (χ4n) is 3.42. The summed E-state index contributed by atoms with van der Waals surface area (Å²) in [6, 6.07) is 11.2. The molecule has 10 nitrogen and oxygen atoms in total. The van der Waals surface area contributed by atoms with E-state index in [0.29, 0.717) is 36.8 Å². The molecule has 208 valence electrons. The molecule has 39 heavy (non-hydrogen) atoms. The number of amides is 1. The van der Waals surface area contributed by atoms with E-state index in [-0.39, 0.29) is 23.8 Å². The second-order valence-electron chi connectivity index (χ2n) is 8.00. The number of carbonyl (C=O) groups excluding carboxylic acids is 1. The van der Waals surface area contributed by atoms with Crippen LogP contribution in [-0.4, -0.2) is 56.5 Å². The number of hydrogen-bond donors (Lipinski definition) is 3. The van der Waals surface area contributed by atoms with Crippen LogP contribution in [0.4, 0.5) is 36.3 Å². The molecule has 0 bridgehead atoms. The molecule has 0 fully saturated rings. The smallest absolute Gasteiger partial charge is 0.495 e. The van der Waals surface area contributed by atoms with Crippen molar-refractivity contribution in [3.8, 4) is 5.75 Å². The van der Waals surface area contributed by atoms with Gasteiger partial charge in [0.25, 0.3) is 5.91 Å². The fourth-order valence-corrected chi connectivity index (χ4v) is 4.27. The van der Waals surface area contributed by atoms with Gasteiger partial charge < -0.3 is 25.4 Å². The number of aromatic nitrogens is 2. The van der Waals surface area contributed by atoms with E-state index in [0.717, 1.165) is 5.56 Å². The normalized spacial score (nSPS) is 11.6. The maximum Gasteiger partial charge on any atom is 0.508 e. The molecule has 1 amide bonds. The largest absolute Gasteiger partial charge is 0.508 e. The van der Waals surface area contributed by atoms with Crippen molar-refractivity contribution in [1.29, 1.82) is 0 Å². The Morgan fingerprint density at radius 2 is 1.82 bits per heavy atom. The third-order valence-corrected chi connectivity index (χ3v) is 6.42. The summed E-state index contributed by atoms with van der Waals surface area (Å²) in [7, 11) is 2.53. The van der Waals surface area contributed by atoms with Crippen molar-refractivity contribution in [3.05, 3.63) is 65.4 Å². The first kappa shape index (κ1) is 29.8. The van der Waals surface area contributed by atoms with Crippen molar-refractivity contribution in [1.82, 2.24) is 15.3 Å². The molecule has 3 rings (SSSR count). The fraction of sp³-hybridized carbons (Fsp3) is 0.320. The van der Waals surface area contributed by atoms with Gasteiger partial charge in [-0.15, -0.1) is 4.52 Å². The van der Waals surface area contributed by atoms with Crippen molar-refractivity contribution in [2.75, 3.05) is 51.3 Å². The van der Waals surface area contributed by atoms with E-state index >= 15 is 0 Å². The molecule has 2 aromatic carbocycles. The number of halogens is 3. The average molecular weight is 566 g/mol. The topological polar surface area (TPSA) is 124 Å². The molecule has 0 aliphatic carbocycles. The third-order valence-electron chi connectivity index (χ3n) is 5.36. The molecule has 0 saturated heterocycles. The molecule has 0 aliphatic heterocycles. The van der Waals surface area contributed by atoms with Crippen LogP contribution in [-0.2, 0) is 26.4 Å². The minimum Gasteiger partial charge on any atom is -0.495 e. The number of hydrogen-bond acceptors (Lipinski definition) is 9. The zero-order chi connectivity index (χ0) is 28.4. The minimum absolute atomic E-state index is 0.136. The quantitative estimate of drug-likeness (QED) is 0.187. The first-order valence-corrected chi connectivity index (χ1v) is 13.0. The van der Waals surface area contributed by atoms with Gasteiger partial charge in [-0.3, -0.25) is 4.79 Å². The van der Waals surface area contributed by atoms with Crippen LogP contribution >= 0.6 is 8.03 Å². The molecule has 3 aromatic rings. The van der Waals surface area contributed by atoms with E-state index in [1.54, 1.807) is 30.3 Å². The number of carbonyl (C=O) groups is 1. The highest BCUT2D eigenvalue weighted by Gasteiger charge is 2.35. The van der Waals surface area contributed by atoms with Crippen LogP contribution in [0.25, 0.3) is 0 Å². The first-order chi connectivity index (χ1) is 18.7. The van der Waals surface area contributed by atoms with Crippen LogP contribution in [0.2, 0.25) is 0 Å². The lowest BCUT2D eigenvalue weighted by molar-refractivity contribution is -0.137. The highest BCUT2D eigenvalue weighted by Crippen LogP contribution is 2.36. The summed E-state index contributed by atoms with van der Waals surface area (Å²) in [6.45, 7) is 0.582. The number of methoxy groups -OCH3 is 2. The molecule has 0 saturated carbocycles. The Labute approximate surface area is 224 Å². The maximum absolute atomic E-state index is 13.7. The van der Waals surface area contributed by atoms with Gasteiger partial charge in [0.2, 0.25) is 5.95 Å². The summed E-state index contributed by atoms with van der Waals surface area (Å²) in [5.74, 6) is -0.770. The predicted molar refractivity (Wildman–Crippen MR) is 140 cm³/mol. The molecule has 14 heteroatoms. The lowest BCUT2D eigenvalue weighted by atomic mass is 10.1. The van der Waals surface area contributed by atoms with Gasteiger partial charge >= 0.3 is 14.2 Å². The highest BCUT2D eigenvalue weighted by molar-refractivity contribution is 7.39. The van der Waals surface area contributed by atoms with Crippen molar-refractivity contribution in [2.24, 2.45) is 0 Å². The predicted octanol–water partition coefficient (Wildman–Crippen LogP) is 5.30. The van der Waals surface area contributed by atoms with E-state index in [9.17, 15) is 22.5 Å². The van der Waals surface area contributed by atoms with Gasteiger partial charge in [-0.05, 0) is 34.4 Å². The van der Waals surface area contributed by atoms with Crippen LogP contribution in [0.15, 0.2) is 48.7 Å². The summed E-state index contributed by atoms with van der Waals surface area (Å²) in [5, 5.41) is 7.95. The van der Waals surface area contributed by atoms with E-state index in [4.69, 9.17) is 14.0 Å². The summed E-state index contributed by atoms with van der Waals surface area (Å²) in [5.41, 5.74) is 0.391. The van der Waals surface area contributed by atoms with E-state index < -0.39 is 31.5 Å². The van der Waals surface area contributed by atoms with Crippen LogP contribution in [0.1, 0.15) is 21.5 Å². The summed E-state index contributed by atoms with van der Waals surface area (Å²) in [4.78, 5) is 20.1. The first-order valence-electron chi connectivity index (χ1n) is 11.7. The van der Waals surface area contributed by atoms with Crippen LogP contribution in [0.3, 0.4) is 0 Å². The third kappa shape index (κ3) is 8.34. The van der Waals surface area contributed by atoms with E-state index in [1.807, 2.05) is 0 Å². The summed E-state index contributed by atoms with van der Waals surface area (Å²) >= 11 is 0. The van der Waals surface area contributed by atoms with Gasteiger partial charge in [0.05, 0.1) is 30.7 Å². The Morgan fingerprint density at radius 3 is 2.51 bits per heavy atom. The molecule has 1 aromatic heterocycles. The molecule has 1 unspecified atom stereocenters. The van der Waals surface area contributed by atoms with E-state index in [2.05, 4.69) is 25.9 Å².